The zero-order valence-electron chi connectivity index (χ0n) is 18.6. The number of hydrogen-bond acceptors (Lipinski definition) is 4. The quantitative estimate of drug-likeness (QED) is 0.284. The van der Waals surface area contributed by atoms with E-state index in [0.29, 0.717) is 28.3 Å². The minimum Gasteiger partial charge on any atom is -0.465 e. The normalized spacial score (nSPS) is 10.9. The van der Waals surface area contributed by atoms with E-state index in [0.717, 1.165) is 11.1 Å². The van der Waals surface area contributed by atoms with Crippen molar-refractivity contribution >= 4 is 35.2 Å². The van der Waals surface area contributed by atoms with Gasteiger partial charge in [-0.2, -0.15) is 5.26 Å². The number of amides is 1. The Labute approximate surface area is 198 Å². The van der Waals surface area contributed by atoms with Gasteiger partial charge >= 0.3 is 5.97 Å². The summed E-state index contributed by atoms with van der Waals surface area (Å²) in [6.45, 7) is 4.10. The number of nitriles is 1. The number of carbonyl (C=O) groups is 2. The van der Waals surface area contributed by atoms with Crippen LogP contribution >= 0.6 is 11.6 Å². The van der Waals surface area contributed by atoms with Crippen LogP contribution < -0.4 is 5.32 Å². The maximum Gasteiger partial charge on any atom is 0.337 e. The van der Waals surface area contributed by atoms with Crippen LogP contribution in [-0.4, -0.2) is 19.0 Å². The number of halogens is 1. The molecule has 0 aliphatic rings. The van der Waals surface area contributed by atoms with Crippen LogP contribution in [0.25, 0.3) is 6.08 Å². The lowest BCUT2D eigenvalue weighted by Gasteiger charge is -2.10. The molecule has 166 valence electrons. The predicted molar refractivity (Wildman–Crippen MR) is 130 cm³/mol. The van der Waals surface area contributed by atoms with Crippen molar-refractivity contribution in [2.75, 3.05) is 12.4 Å². The van der Waals surface area contributed by atoms with Crippen LogP contribution in [0.4, 0.5) is 5.69 Å². The topological polar surface area (TPSA) is 79.2 Å². The Hall–Kier alpha value is -3.88. The van der Waals surface area contributed by atoms with E-state index in [9.17, 15) is 14.9 Å². The number of rotatable bonds is 6. The fourth-order valence-electron chi connectivity index (χ4n) is 3.56. The minimum atomic E-state index is -0.555. The fraction of sp³-hybridized carbons (Fsp3) is 0.148. The third-order valence-corrected chi connectivity index (χ3v) is 5.25. The van der Waals surface area contributed by atoms with Gasteiger partial charge in [-0.3, -0.25) is 4.79 Å². The molecule has 0 atom stereocenters. The van der Waals surface area contributed by atoms with Gasteiger partial charge in [-0.25, -0.2) is 4.79 Å². The first-order valence-corrected chi connectivity index (χ1v) is 10.6. The average Bonchev–Trinajstić information content (AvgIpc) is 2.78. The zero-order chi connectivity index (χ0) is 24.0. The molecule has 0 bridgehead atoms. The third-order valence-electron chi connectivity index (χ3n) is 5.01. The van der Waals surface area contributed by atoms with E-state index >= 15 is 0 Å². The van der Waals surface area contributed by atoms with E-state index in [1.807, 2.05) is 12.1 Å². The van der Waals surface area contributed by atoms with Crippen LogP contribution in [-0.2, 0) is 16.0 Å². The van der Waals surface area contributed by atoms with Crippen molar-refractivity contribution < 1.29 is 14.3 Å². The van der Waals surface area contributed by atoms with E-state index in [2.05, 4.69) is 42.1 Å². The molecule has 0 spiro atoms. The Morgan fingerprint density at radius 2 is 1.70 bits per heavy atom. The predicted octanol–water partition coefficient (Wildman–Crippen LogP) is 5.88. The molecule has 33 heavy (non-hydrogen) atoms. The molecule has 1 amide bonds. The summed E-state index contributed by atoms with van der Waals surface area (Å²) in [5.41, 5.74) is 5.89. The summed E-state index contributed by atoms with van der Waals surface area (Å²) in [6.07, 6.45) is 2.18. The van der Waals surface area contributed by atoms with E-state index < -0.39 is 11.9 Å². The first-order chi connectivity index (χ1) is 15.8. The average molecular weight is 459 g/mol. The Bertz CT molecular complexity index is 1250. The Morgan fingerprint density at radius 1 is 1.03 bits per heavy atom. The minimum absolute atomic E-state index is 0.0593. The molecule has 0 aliphatic carbocycles. The highest BCUT2D eigenvalue weighted by atomic mass is 35.5. The van der Waals surface area contributed by atoms with Crippen LogP contribution in [0.15, 0.2) is 66.2 Å². The summed E-state index contributed by atoms with van der Waals surface area (Å²) < 4.78 is 4.67. The van der Waals surface area contributed by atoms with Crippen molar-refractivity contribution in [3.8, 4) is 6.07 Å². The van der Waals surface area contributed by atoms with Gasteiger partial charge in [0.2, 0.25) is 0 Å². The molecule has 6 heteroatoms. The lowest BCUT2D eigenvalue weighted by Crippen LogP contribution is -2.13. The van der Waals surface area contributed by atoms with Gasteiger partial charge < -0.3 is 10.1 Å². The lowest BCUT2D eigenvalue weighted by atomic mass is 9.96. The lowest BCUT2D eigenvalue weighted by molar-refractivity contribution is -0.112. The number of aryl methyl sites for hydroxylation is 2. The first kappa shape index (κ1) is 23.8. The number of benzene rings is 3. The number of nitrogens with one attached hydrogen (secondary N) is 1. The second kappa shape index (κ2) is 10.6. The molecule has 3 rings (SSSR count). The number of nitrogens with zero attached hydrogens (tertiary/aromatic N) is 1. The fourth-order valence-corrected chi connectivity index (χ4v) is 3.74. The second-order valence-corrected chi connectivity index (χ2v) is 8.15. The molecule has 0 aromatic heterocycles. The van der Waals surface area contributed by atoms with Gasteiger partial charge in [0.25, 0.3) is 5.91 Å². The third kappa shape index (κ3) is 6.31. The summed E-state index contributed by atoms with van der Waals surface area (Å²) in [6, 6.07) is 20.0. The van der Waals surface area contributed by atoms with Gasteiger partial charge in [0.1, 0.15) is 11.6 Å². The van der Waals surface area contributed by atoms with Crippen LogP contribution in [0.3, 0.4) is 0 Å². The van der Waals surface area contributed by atoms with Crippen molar-refractivity contribution in [2.24, 2.45) is 0 Å². The largest absolute Gasteiger partial charge is 0.465 e. The molecule has 3 aromatic rings. The number of ether oxygens (including phenoxy) is 1. The summed E-state index contributed by atoms with van der Waals surface area (Å²) in [5, 5.41) is 12.8. The van der Waals surface area contributed by atoms with E-state index in [1.165, 1.54) is 30.4 Å². The van der Waals surface area contributed by atoms with Crippen molar-refractivity contribution in [3.63, 3.8) is 0 Å². The molecule has 0 saturated carbocycles. The van der Waals surface area contributed by atoms with Crippen LogP contribution in [0.1, 0.15) is 38.2 Å². The molecule has 1 N–H and O–H groups in total. The number of esters is 1. The molecule has 0 aliphatic heterocycles. The summed E-state index contributed by atoms with van der Waals surface area (Å²) in [4.78, 5) is 24.3. The summed E-state index contributed by atoms with van der Waals surface area (Å²) in [7, 11) is 1.30. The first-order valence-electron chi connectivity index (χ1n) is 10.3. The van der Waals surface area contributed by atoms with Gasteiger partial charge in [0, 0.05) is 10.7 Å². The molecule has 0 radical (unpaired) electrons. The second-order valence-electron chi connectivity index (χ2n) is 7.71. The Kier molecular flexibility index (Phi) is 7.66. The molecule has 0 saturated heterocycles. The van der Waals surface area contributed by atoms with Gasteiger partial charge in [-0.15, -0.1) is 0 Å². The van der Waals surface area contributed by atoms with Crippen molar-refractivity contribution in [1.82, 2.24) is 0 Å². The SMILES string of the molecule is COC(=O)c1ccc(NC(=O)/C(C#N)=C/c2cc(Cl)ccc2Cc2cc(C)cc(C)c2)cc1. The highest BCUT2D eigenvalue weighted by Crippen LogP contribution is 2.23. The maximum absolute atomic E-state index is 12.7. The zero-order valence-corrected chi connectivity index (χ0v) is 19.4. The van der Waals surface area contributed by atoms with Gasteiger partial charge in [0.05, 0.1) is 12.7 Å². The van der Waals surface area contributed by atoms with Gasteiger partial charge in [0.15, 0.2) is 0 Å². The molecule has 0 fully saturated rings. The van der Waals surface area contributed by atoms with Crippen LogP contribution in [0.2, 0.25) is 5.02 Å². The van der Waals surface area contributed by atoms with Gasteiger partial charge in [-0.1, -0.05) is 47.0 Å². The Morgan fingerprint density at radius 3 is 2.30 bits per heavy atom. The van der Waals surface area contributed by atoms with Crippen molar-refractivity contribution in [2.45, 2.75) is 20.3 Å². The molecule has 5 nitrogen and oxygen atoms in total. The Balaban J connectivity index is 1.87. The standard InChI is InChI=1S/C27H23ClN2O3/c1-17-10-18(2)12-19(11-17)13-21-4-7-24(28)15-22(21)14-23(16-29)26(31)30-25-8-5-20(6-9-25)27(32)33-3/h4-12,14-15H,13H2,1-3H3,(H,30,31)/b23-14+. The number of methoxy groups -OCH3 is 1. The summed E-state index contributed by atoms with van der Waals surface area (Å²) in [5.74, 6) is -1.02. The number of carbonyl (C=O) groups excluding carboxylic acids is 2. The summed E-state index contributed by atoms with van der Waals surface area (Å²) >= 11 is 6.21. The molecule has 0 heterocycles. The maximum atomic E-state index is 12.7. The van der Waals surface area contributed by atoms with E-state index in [4.69, 9.17) is 11.6 Å². The number of hydrogen-bond donors (Lipinski definition) is 1. The molecular formula is C27H23ClN2O3. The monoisotopic (exact) mass is 458 g/mol. The van der Waals surface area contributed by atoms with Crippen molar-refractivity contribution in [3.05, 3.63) is 105 Å². The molecule has 3 aromatic carbocycles. The highest BCUT2D eigenvalue weighted by molar-refractivity contribution is 6.30. The van der Waals surface area contributed by atoms with E-state index in [1.54, 1.807) is 30.3 Å². The molecular weight excluding hydrogens is 436 g/mol. The van der Waals surface area contributed by atoms with Crippen LogP contribution in [0, 0.1) is 25.2 Å². The number of anilines is 1. The molecule has 0 unspecified atom stereocenters. The highest BCUT2D eigenvalue weighted by Gasteiger charge is 2.13. The van der Waals surface area contributed by atoms with E-state index in [-0.39, 0.29) is 5.57 Å². The van der Waals surface area contributed by atoms with Gasteiger partial charge in [-0.05, 0) is 79.4 Å². The van der Waals surface area contributed by atoms with Crippen LogP contribution in [0.5, 0.6) is 0 Å². The smallest absolute Gasteiger partial charge is 0.337 e. The van der Waals surface area contributed by atoms with Crippen molar-refractivity contribution in [1.29, 1.82) is 5.26 Å².